The fourth-order valence-electron chi connectivity index (χ4n) is 2.58. The second kappa shape index (κ2) is 7.34. The van der Waals surface area contributed by atoms with Gasteiger partial charge in [0.25, 0.3) is 5.91 Å². The lowest BCUT2D eigenvalue weighted by Crippen LogP contribution is -2.31. The average Bonchev–Trinajstić information content (AvgIpc) is 3.02. The van der Waals surface area contributed by atoms with Gasteiger partial charge in [0.05, 0.1) is 25.5 Å². The van der Waals surface area contributed by atoms with Crippen LogP contribution in [0.5, 0.6) is 0 Å². The summed E-state index contributed by atoms with van der Waals surface area (Å²) in [6, 6.07) is 3.37. The fraction of sp³-hybridized carbons (Fsp3) is 0.438. The van der Waals surface area contributed by atoms with Crippen molar-refractivity contribution in [2.24, 2.45) is 0 Å². The summed E-state index contributed by atoms with van der Waals surface area (Å²) < 4.78 is 12.7. The van der Waals surface area contributed by atoms with Crippen LogP contribution in [0.15, 0.2) is 30.7 Å². The zero-order valence-electron chi connectivity index (χ0n) is 13.1. The minimum absolute atomic E-state index is 0.137. The van der Waals surface area contributed by atoms with Crippen molar-refractivity contribution in [2.75, 3.05) is 26.9 Å². The number of ether oxygens (including phenoxy) is 2. The molecule has 3 heterocycles. The van der Waals surface area contributed by atoms with Crippen LogP contribution in [0.3, 0.4) is 0 Å². The SMILES string of the molecule is COCCn1cc2c(n1)[C@H](CNC(=O)c1ccncc1)OCC2. The highest BCUT2D eigenvalue weighted by atomic mass is 16.5. The van der Waals surface area contributed by atoms with Crippen molar-refractivity contribution in [3.05, 3.63) is 47.5 Å². The predicted octanol–water partition coefficient (Wildman–Crippen LogP) is 0.968. The first-order valence-electron chi connectivity index (χ1n) is 7.63. The molecule has 122 valence electrons. The van der Waals surface area contributed by atoms with Crippen molar-refractivity contribution in [3.8, 4) is 0 Å². The van der Waals surface area contributed by atoms with Crippen LogP contribution in [0.1, 0.15) is 27.7 Å². The first kappa shape index (κ1) is 15.6. The molecule has 1 atom stereocenters. The van der Waals surface area contributed by atoms with Gasteiger partial charge in [0.2, 0.25) is 0 Å². The molecule has 0 bridgehead atoms. The standard InChI is InChI=1S/C16H20N4O3/c1-22-9-7-20-11-13-4-8-23-14(15(13)19-20)10-18-16(21)12-2-5-17-6-3-12/h2-3,5-6,11,14H,4,7-10H2,1H3,(H,18,21)/t14-/m0/s1. The second-order valence-corrected chi connectivity index (χ2v) is 5.35. The van der Waals surface area contributed by atoms with Crippen LogP contribution in [-0.2, 0) is 22.4 Å². The number of hydrogen-bond donors (Lipinski definition) is 1. The Labute approximate surface area is 134 Å². The molecule has 7 nitrogen and oxygen atoms in total. The number of pyridine rings is 1. The number of methoxy groups -OCH3 is 1. The molecule has 0 spiro atoms. The number of fused-ring (bicyclic) bond motifs is 1. The van der Waals surface area contributed by atoms with E-state index in [2.05, 4.69) is 15.4 Å². The topological polar surface area (TPSA) is 78.3 Å². The van der Waals surface area contributed by atoms with E-state index in [9.17, 15) is 4.79 Å². The highest BCUT2D eigenvalue weighted by Gasteiger charge is 2.25. The molecule has 23 heavy (non-hydrogen) atoms. The van der Waals surface area contributed by atoms with Gasteiger partial charge in [-0.15, -0.1) is 0 Å². The maximum atomic E-state index is 12.1. The predicted molar refractivity (Wildman–Crippen MR) is 83.1 cm³/mol. The van der Waals surface area contributed by atoms with E-state index in [-0.39, 0.29) is 12.0 Å². The van der Waals surface area contributed by atoms with E-state index < -0.39 is 0 Å². The quantitative estimate of drug-likeness (QED) is 0.859. The van der Waals surface area contributed by atoms with Gasteiger partial charge in [0.1, 0.15) is 6.10 Å². The van der Waals surface area contributed by atoms with Gasteiger partial charge >= 0.3 is 0 Å². The Morgan fingerprint density at radius 1 is 1.48 bits per heavy atom. The summed E-state index contributed by atoms with van der Waals surface area (Å²) in [5.41, 5.74) is 2.67. The minimum Gasteiger partial charge on any atom is -0.383 e. The van der Waals surface area contributed by atoms with Crippen LogP contribution in [0.4, 0.5) is 0 Å². The number of aromatic nitrogens is 3. The van der Waals surface area contributed by atoms with Crippen molar-refractivity contribution >= 4 is 5.91 Å². The molecule has 0 saturated heterocycles. The number of rotatable bonds is 6. The van der Waals surface area contributed by atoms with E-state index in [1.807, 2.05) is 10.9 Å². The summed E-state index contributed by atoms with van der Waals surface area (Å²) in [6.07, 6.45) is 5.86. The summed E-state index contributed by atoms with van der Waals surface area (Å²) >= 11 is 0. The lowest BCUT2D eigenvalue weighted by Gasteiger charge is -2.22. The Balaban J connectivity index is 1.64. The third-order valence-corrected chi connectivity index (χ3v) is 3.78. The zero-order chi connectivity index (χ0) is 16.1. The highest BCUT2D eigenvalue weighted by molar-refractivity contribution is 5.93. The molecule has 1 N–H and O–H groups in total. The lowest BCUT2D eigenvalue weighted by molar-refractivity contribution is 0.0382. The minimum atomic E-state index is -0.215. The molecule has 3 rings (SSSR count). The number of amides is 1. The zero-order valence-corrected chi connectivity index (χ0v) is 13.1. The van der Waals surface area contributed by atoms with Crippen molar-refractivity contribution in [2.45, 2.75) is 19.1 Å². The molecule has 0 saturated carbocycles. The number of nitrogens with zero attached hydrogens (tertiary/aromatic N) is 3. The fourth-order valence-corrected chi connectivity index (χ4v) is 2.58. The van der Waals surface area contributed by atoms with Crippen molar-refractivity contribution in [1.82, 2.24) is 20.1 Å². The maximum absolute atomic E-state index is 12.1. The van der Waals surface area contributed by atoms with Crippen LogP contribution in [0.25, 0.3) is 0 Å². The third kappa shape index (κ3) is 3.75. The average molecular weight is 316 g/mol. The molecule has 0 fully saturated rings. The summed E-state index contributed by atoms with van der Waals surface area (Å²) in [4.78, 5) is 16.0. The summed E-state index contributed by atoms with van der Waals surface area (Å²) in [5, 5.41) is 7.47. The Kier molecular flexibility index (Phi) is 4.99. The van der Waals surface area contributed by atoms with E-state index in [4.69, 9.17) is 9.47 Å². The van der Waals surface area contributed by atoms with Gasteiger partial charge in [-0.25, -0.2) is 0 Å². The monoisotopic (exact) mass is 316 g/mol. The Morgan fingerprint density at radius 2 is 2.30 bits per heavy atom. The van der Waals surface area contributed by atoms with E-state index in [0.717, 1.165) is 12.1 Å². The molecule has 1 aliphatic rings. The largest absolute Gasteiger partial charge is 0.383 e. The van der Waals surface area contributed by atoms with Gasteiger partial charge in [-0.1, -0.05) is 0 Å². The smallest absolute Gasteiger partial charge is 0.251 e. The molecule has 0 unspecified atom stereocenters. The van der Waals surface area contributed by atoms with E-state index >= 15 is 0 Å². The lowest BCUT2D eigenvalue weighted by atomic mass is 10.1. The molecule has 1 aliphatic heterocycles. The van der Waals surface area contributed by atoms with Crippen LogP contribution in [0.2, 0.25) is 0 Å². The van der Waals surface area contributed by atoms with Crippen LogP contribution < -0.4 is 5.32 Å². The first-order valence-corrected chi connectivity index (χ1v) is 7.63. The van der Waals surface area contributed by atoms with Gasteiger partial charge in [-0.3, -0.25) is 14.5 Å². The molecule has 0 aliphatic carbocycles. The van der Waals surface area contributed by atoms with Crippen LogP contribution in [-0.4, -0.2) is 47.5 Å². The number of hydrogen-bond acceptors (Lipinski definition) is 5. The summed E-state index contributed by atoms with van der Waals surface area (Å²) in [6.45, 7) is 2.36. The normalized spacial score (nSPS) is 16.8. The molecule has 2 aromatic rings. The Hall–Kier alpha value is -2.25. The third-order valence-electron chi connectivity index (χ3n) is 3.78. The molecule has 0 radical (unpaired) electrons. The first-order chi connectivity index (χ1) is 11.3. The van der Waals surface area contributed by atoms with Gasteiger partial charge in [-0.05, 0) is 24.1 Å². The molecule has 7 heteroatoms. The van der Waals surface area contributed by atoms with Crippen molar-refractivity contribution < 1.29 is 14.3 Å². The van der Waals surface area contributed by atoms with E-state index in [0.29, 0.717) is 31.9 Å². The van der Waals surface area contributed by atoms with Crippen LogP contribution >= 0.6 is 0 Å². The number of carbonyl (C=O) groups is 1. The van der Waals surface area contributed by atoms with Gasteiger partial charge in [0.15, 0.2) is 0 Å². The Morgan fingerprint density at radius 3 is 3.09 bits per heavy atom. The Bertz CT molecular complexity index is 657. The van der Waals surface area contributed by atoms with Gasteiger partial charge in [-0.2, -0.15) is 5.10 Å². The molecule has 2 aromatic heterocycles. The number of nitrogens with one attached hydrogen (secondary N) is 1. The molecular weight excluding hydrogens is 296 g/mol. The maximum Gasteiger partial charge on any atom is 0.251 e. The number of carbonyl (C=O) groups excluding carboxylic acids is 1. The second-order valence-electron chi connectivity index (χ2n) is 5.35. The van der Waals surface area contributed by atoms with Crippen molar-refractivity contribution in [3.63, 3.8) is 0 Å². The highest BCUT2D eigenvalue weighted by Crippen LogP contribution is 2.25. The molecule has 1 amide bonds. The van der Waals surface area contributed by atoms with E-state index in [1.165, 1.54) is 5.56 Å². The molecular formula is C16H20N4O3. The van der Waals surface area contributed by atoms with Crippen LogP contribution in [0, 0.1) is 0 Å². The van der Waals surface area contributed by atoms with Crippen molar-refractivity contribution in [1.29, 1.82) is 0 Å². The van der Waals surface area contributed by atoms with Gasteiger partial charge < -0.3 is 14.8 Å². The summed E-state index contributed by atoms with van der Waals surface area (Å²) in [5.74, 6) is -0.137. The summed E-state index contributed by atoms with van der Waals surface area (Å²) in [7, 11) is 1.67. The van der Waals surface area contributed by atoms with Gasteiger partial charge in [0, 0.05) is 37.8 Å². The molecule has 0 aromatic carbocycles. The van der Waals surface area contributed by atoms with E-state index in [1.54, 1.807) is 31.6 Å².